The predicted molar refractivity (Wildman–Crippen MR) is 99.7 cm³/mol. The molecule has 0 spiro atoms. The Balaban J connectivity index is 1.78. The second-order valence-corrected chi connectivity index (χ2v) is 6.29. The summed E-state index contributed by atoms with van der Waals surface area (Å²) < 4.78 is 1.56. The smallest absolute Gasteiger partial charge is 0.206 e. The Morgan fingerprint density at radius 3 is 2.74 bits per heavy atom. The first-order valence-electron chi connectivity index (χ1n) is 8.32. The number of rotatable bonds is 2. The van der Waals surface area contributed by atoms with Crippen LogP contribution in [0, 0.1) is 13.8 Å². The lowest BCUT2D eigenvalue weighted by atomic mass is 10.1. The number of benzene rings is 2. The van der Waals surface area contributed by atoms with E-state index in [-0.39, 0.29) is 5.75 Å². The molecular formula is C18H14N8O. The van der Waals surface area contributed by atoms with Crippen molar-refractivity contribution in [1.29, 1.82) is 0 Å². The van der Waals surface area contributed by atoms with Crippen LogP contribution in [0.2, 0.25) is 0 Å². The van der Waals surface area contributed by atoms with Gasteiger partial charge in [0.1, 0.15) is 16.8 Å². The van der Waals surface area contributed by atoms with Gasteiger partial charge in [-0.05, 0) is 25.3 Å². The largest absolute Gasteiger partial charge is 0.506 e. The normalized spacial score (nSPS) is 12.1. The summed E-state index contributed by atoms with van der Waals surface area (Å²) >= 11 is 0. The maximum atomic E-state index is 10.6. The highest BCUT2D eigenvalue weighted by Gasteiger charge is 2.18. The molecule has 0 aliphatic heterocycles. The molecule has 27 heavy (non-hydrogen) atoms. The maximum Gasteiger partial charge on any atom is 0.206 e. The molecule has 2 aromatic carbocycles. The number of nitrogens with zero attached hydrogens (tertiary/aromatic N) is 7. The minimum Gasteiger partial charge on any atom is -0.506 e. The van der Waals surface area contributed by atoms with Crippen LogP contribution in [0.25, 0.3) is 27.5 Å². The lowest BCUT2D eigenvalue weighted by molar-refractivity contribution is 0.479. The molecule has 0 saturated carbocycles. The molecule has 3 heterocycles. The van der Waals surface area contributed by atoms with Gasteiger partial charge in [0, 0.05) is 17.1 Å². The van der Waals surface area contributed by atoms with E-state index >= 15 is 0 Å². The lowest BCUT2D eigenvalue weighted by Gasteiger charge is -2.06. The fraction of sp³-hybridized carbons (Fsp3) is 0.111. The van der Waals surface area contributed by atoms with Gasteiger partial charge in [0.25, 0.3) is 0 Å². The highest BCUT2D eigenvalue weighted by Crippen LogP contribution is 2.34. The average Bonchev–Trinajstić information content (AvgIpc) is 3.21. The topological polar surface area (TPSA) is 117 Å². The van der Waals surface area contributed by atoms with Crippen LogP contribution in [-0.2, 0) is 0 Å². The van der Waals surface area contributed by atoms with Crippen LogP contribution in [0.5, 0.6) is 5.75 Å². The zero-order chi connectivity index (χ0) is 18.5. The van der Waals surface area contributed by atoms with Crippen molar-refractivity contribution in [2.24, 2.45) is 10.2 Å². The van der Waals surface area contributed by atoms with Crippen LogP contribution in [-0.4, -0.2) is 35.1 Å². The predicted octanol–water partition coefficient (Wildman–Crippen LogP) is 3.89. The van der Waals surface area contributed by atoms with E-state index in [0.717, 1.165) is 16.5 Å². The lowest BCUT2D eigenvalue weighted by Crippen LogP contribution is -1.97. The van der Waals surface area contributed by atoms with E-state index in [2.05, 4.69) is 35.7 Å². The van der Waals surface area contributed by atoms with E-state index in [1.54, 1.807) is 16.6 Å². The molecule has 0 amide bonds. The van der Waals surface area contributed by atoms with Crippen LogP contribution in [0.3, 0.4) is 0 Å². The molecule has 0 bridgehead atoms. The van der Waals surface area contributed by atoms with Crippen molar-refractivity contribution in [3.63, 3.8) is 0 Å². The highest BCUT2D eigenvalue weighted by atomic mass is 16.3. The SMILES string of the molecule is Cc1cc(N=Nc2c(C)nn3c2nnc2c4ccccc4cc(O)c23)n[nH]1. The number of phenolic OH excluding ortho intramolecular Hbond substituents is 1. The van der Waals surface area contributed by atoms with Gasteiger partial charge in [0.15, 0.2) is 11.5 Å². The van der Waals surface area contributed by atoms with Crippen molar-refractivity contribution in [3.05, 3.63) is 47.8 Å². The van der Waals surface area contributed by atoms with Crippen molar-refractivity contribution in [1.82, 2.24) is 30.0 Å². The molecular weight excluding hydrogens is 344 g/mol. The van der Waals surface area contributed by atoms with Gasteiger partial charge < -0.3 is 5.11 Å². The summed E-state index contributed by atoms with van der Waals surface area (Å²) in [4.78, 5) is 0. The van der Waals surface area contributed by atoms with Gasteiger partial charge >= 0.3 is 0 Å². The molecule has 0 aliphatic rings. The number of hydrogen-bond donors (Lipinski definition) is 2. The number of phenols is 1. The first-order chi connectivity index (χ1) is 13.1. The van der Waals surface area contributed by atoms with Gasteiger partial charge in [-0.3, -0.25) is 5.10 Å². The molecule has 0 radical (unpaired) electrons. The zero-order valence-electron chi connectivity index (χ0n) is 14.5. The Hall–Kier alpha value is -3.88. The molecule has 0 unspecified atom stereocenters. The molecule has 0 aliphatic carbocycles. The summed E-state index contributed by atoms with van der Waals surface area (Å²) in [6, 6.07) is 11.2. The number of hydrogen-bond acceptors (Lipinski definition) is 7. The number of fused-ring (bicyclic) bond motifs is 5. The first-order valence-corrected chi connectivity index (χ1v) is 8.32. The summed E-state index contributed by atoms with van der Waals surface area (Å²) in [5.41, 5.74) is 3.48. The number of aromatic amines is 1. The van der Waals surface area contributed by atoms with Gasteiger partial charge in [-0.25, -0.2) is 4.52 Å². The monoisotopic (exact) mass is 358 g/mol. The maximum absolute atomic E-state index is 10.6. The second-order valence-electron chi connectivity index (χ2n) is 6.29. The second kappa shape index (κ2) is 5.56. The summed E-state index contributed by atoms with van der Waals surface area (Å²) in [6.07, 6.45) is 0. The van der Waals surface area contributed by atoms with E-state index in [1.807, 2.05) is 38.1 Å². The van der Waals surface area contributed by atoms with E-state index in [4.69, 9.17) is 0 Å². The van der Waals surface area contributed by atoms with Gasteiger partial charge in [0.05, 0.1) is 5.69 Å². The van der Waals surface area contributed by atoms with Crippen LogP contribution < -0.4 is 0 Å². The van der Waals surface area contributed by atoms with Crippen LogP contribution in [0.1, 0.15) is 11.4 Å². The Morgan fingerprint density at radius 1 is 1.07 bits per heavy atom. The van der Waals surface area contributed by atoms with E-state index in [1.165, 1.54) is 0 Å². The number of aromatic nitrogens is 6. The van der Waals surface area contributed by atoms with Gasteiger partial charge in [0.2, 0.25) is 5.65 Å². The number of aryl methyl sites for hydroxylation is 2. The molecule has 0 fully saturated rings. The summed E-state index contributed by atoms with van der Waals surface area (Å²) in [5, 5.41) is 40.7. The first kappa shape index (κ1) is 15.4. The number of H-pyrrole nitrogens is 1. The van der Waals surface area contributed by atoms with Crippen LogP contribution >= 0.6 is 0 Å². The third-order valence-electron chi connectivity index (χ3n) is 4.38. The molecule has 5 rings (SSSR count). The summed E-state index contributed by atoms with van der Waals surface area (Å²) in [7, 11) is 0. The standard InChI is InChI=1S/C18H14N8O/c1-9-7-14(20-19-9)21-22-15-10(2)25-26-17-13(27)8-11-5-3-4-6-12(11)16(17)23-24-18(15)26/h3-8,27H,1-2H3,(H,19,20). The average molecular weight is 358 g/mol. The molecule has 0 atom stereocenters. The highest BCUT2D eigenvalue weighted by molar-refractivity contribution is 6.07. The molecule has 3 aromatic heterocycles. The zero-order valence-corrected chi connectivity index (χ0v) is 14.5. The van der Waals surface area contributed by atoms with Crippen LogP contribution in [0.4, 0.5) is 11.5 Å². The Morgan fingerprint density at radius 2 is 1.93 bits per heavy atom. The van der Waals surface area contributed by atoms with Gasteiger partial charge in [-0.1, -0.05) is 24.3 Å². The third-order valence-corrected chi connectivity index (χ3v) is 4.38. The third kappa shape index (κ3) is 2.32. The van der Waals surface area contributed by atoms with Crippen molar-refractivity contribution in [2.45, 2.75) is 13.8 Å². The molecule has 5 aromatic rings. The Bertz CT molecular complexity index is 1360. The van der Waals surface area contributed by atoms with Crippen molar-refractivity contribution in [2.75, 3.05) is 0 Å². The summed E-state index contributed by atoms with van der Waals surface area (Å²) in [6.45, 7) is 3.69. The van der Waals surface area contributed by atoms with E-state index < -0.39 is 0 Å². The fourth-order valence-electron chi connectivity index (χ4n) is 3.14. The Labute approximate surface area is 152 Å². The number of aromatic hydroxyl groups is 1. The quantitative estimate of drug-likeness (QED) is 0.367. The van der Waals surface area contributed by atoms with Crippen molar-refractivity contribution in [3.8, 4) is 5.75 Å². The molecule has 9 nitrogen and oxygen atoms in total. The van der Waals surface area contributed by atoms with E-state index in [9.17, 15) is 5.11 Å². The fourth-order valence-corrected chi connectivity index (χ4v) is 3.14. The van der Waals surface area contributed by atoms with Gasteiger partial charge in [-0.15, -0.1) is 20.4 Å². The number of azo groups is 1. The molecule has 9 heteroatoms. The minimum absolute atomic E-state index is 0.0810. The number of nitrogens with one attached hydrogen (secondary N) is 1. The van der Waals surface area contributed by atoms with Gasteiger partial charge in [-0.2, -0.15) is 10.2 Å². The van der Waals surface area contributed by atoms with Crippen molar-refractivity contribution < 1.29 is 5.11 Å². The van der Waals surface area contributed by atoms with Crippen LogP contribution in [0.15, 0.2) is 46.6 Å². The van der Waals surface area contributed by atoms with Crippen molar-refractivity contribution >= 4 is 39.0 Å². The Kier molecular flexibility index (Phi) is 3.17. The molecule has 132 valence electrons. The molecule has 0 saturated heterocycles. The van der Waals surface area contributed by atoms with E-state index in [0.29, 0.717) is 33.9 Å². The minimum atomic E-state index is 0.0810. The summed E-state index contributed by atoms with van der Waals surface area (Å²) in [5.74, 6) is 0.548. The molecule has 2 N–H and O–H groups in total.